The first-order chi connectivity index (χ1) is 14.6. The summed E-state index contributed by atoms with van der Waals surface area (Å²) in [6, 6.07) is 0. The molecule has 1 saturated heterocycles. The molecule has 2 amide bonds. The number of hydrogen-bond acceptors (Lipinski definition) is 7. The van der Waals surface area contributed by atoms with Crippen LogP contribution in [0.4, 0.5) is 9.93 Å². The van der Waals surface area contributed by atoms with Gasteiger partial charge in [0.2, 0.25) is 5.91 Å². The van der Waals surface area contributed by atoms with Gasteiger partial charge in [-0.2, -0.15) is 5.10 Å². The number of carbonyl (C=O) groups excluding carboxylic acids is 2. The number of ether oxygens (including phenoxy) is 1. The van der Waals surface area contributed by atoms with Crippen molar-refractivity contribution in [1.29, 1.82) is 0 Å². The molecule has 0 aliphatic carbocycles. The molecule has 0 aromatic carbocycles. The smallest absolute Gasteiger partial charge is 0.410 e. The molecule has 0 radical (unpaired) electrons. The number of piperidine rings is 1. The van der Waals surface area contributed by atoms with Gasteiger partial charge in [-0.05, 0) is 52.8 Å². The predicted molar refractivity (Wildman–Crippen MR) is 123 cm³/mol. The van der Waals surface area contributed by atoms with Crippen molar-refractivity contribution in [3.8, 4) is 10.7 Å². The Hall–Kier alpha value is -2.53. The number of aryl methyl sites for hydroxylation is 1. The average Bonchev–Trinajstić information content (AvgIpc) is 3.23. The van der Waals surface area contributed by atoms with Gasteiger partial charge in [0.1, 0.15) is 5.60 Å². The lowest BCUT2D eigenvalue weighted by molar-refractivity contribution is -0.121. The van der Waals surface area contributed by atoms with Crippen LogP contribution in [0.25, 0.3) is 10.7 Å². The number of nitrogens with one attached hydrogen (secondary N) is 2. The fourth-order valence-electron chi connectivity index (χ4n) is 3.34. The number of aromatic amines is 1. The van der Waals surface area contributed by atoms with Gasteiger partial charge in [0.25, 0.3) is 0 Å². The van der Waals surface area contributed by atoms with Crippen LogP contribution in [0.5, 0.6) is 0 Å². The largest absolute Gasteiger partial charge is 0.444 e. The van der Waals surface area contributed by atoms with Gasteiger partial charge in [-0.3, -0.25) is 14.5 Å². The molecule has 3 heterocycles. The first kappa shape index (κ1) is 23.1. The van der Waals surface area contributed by atoms with Crippen molar-refractivity contribution in [1.82, 2.24) is 24.6 Å². The Kier molecular flexibility index (Phi) is 6.95. The third kappa shape index (κ3) is 5.59. The maximum Gasteiger partial charge on any atom is 0.410 e. The van der Waals surface area contributed by atoms with E-state index in [2.05, 4.69) is 27.1 Å². The highest BCUT2D eigenvalue weighted by Gasteiger charge is 2.31. The van der Waals surface area contributed by atoms with Crippen molar-refractivity contribution < 1.29 is 14.3 Å². The van der Waals surface area contributed by atoms with Crippen LogP contribution in [0, 0.1) is 17.6 Å². The SMILES string of the molecule is C=CCn1c(-c2sc(NC(=O)C3CCCN(C(=O)OC(C)(C)C)C3)nc2C)n[nH]c1=S. The molecule has 2 N–H and O–H groups in total. The second-order valence-electron chi connectivity index (χ2n) is 8.44. The molecule has 31 heavy (non-hydrogen) atoms. The Bertz CT molecular complexity index is 1030. The average molecular weight is 465 g/mol. The standard InChI is InChI=1S/C20H28N6O3S2/c1-6-9-26-15(23-24-18(26)30)14-12(2)21-17(31-14)22-16(27)13-8-7-10-25(11-13)19(28)29-20(3,4)5/h6,13H,1,7-11H2,2-5H3,(H,24,30)(H,21,22,27). The van der Waals surface area contributed by atoms with Crippen LogP contribution >= 0.6 is 23.6 Å². The fraction of sp³-hybridized carbons (Fsp3) is 0.550. The zero-order valence-electron chi connectivity index (χ0n) is 18.2. The fourth-order valence-corrected chi connectivity index (χ4v) is 4.51. The zero-order valence-corrected chi connectivity index (χ0v) is 19.9. The molecular formula is C20H28N6O3S2. The van der Waals surface area contributed by atoms with Crippen molar-refractivity contribution >= 4 is 40.7 Å². The van der Waals surface area contributed by atoms with Gasteiger partial charge in [0.05, 0.1) is 16.5 Å². The monoisotopic (exact) mass is 464 g/mol. The predicted octanol–water partition coefficient (Wildman–Crippen LogP) is 4.14. The summed E-state index contributed by atoms with van der Waals surface area (Å²) in [5, 5.41) is 10.5. The first-order valence-corrected chi connectivity index (χ1v) is 11.3. The van der Waals surface area contributed by atoms with E-state index in [1.54, 1.807) is 11.0 Å². The molecule has 2 aromatic rings. The number of H-pyrrole nitrogens is 1. The molecule has 0 spiro atoms. The van der Waals surface area contributed by atoms with Crippen molar-refractivity contribution in [2.24, 2.45) is 5.92 Å². The normalized spacial score (nSPS) is 16.8. The Balaban J connectivity index is 1.70. The van der Waals surface area contributed by atoms with Crippen molar-refractivity contribution in [2.45, 2.75) is 52.7 Å². The Morgan fingerprint density at radius 2 is 2.19 bits per heavy atom. The second kappa shape index (κ2) is 9.31. The van der Waals surface area contributed by atoms with Gasteiger partial charge in [-0.1, -0.05) is 17.4 Å². The van der Waals surface area contributed by atoms with E-state index in [1.807, 2.05) is 32.3 Å². The van der Waals surface area contributed by atoms with E-state index < -0.39 is 5.60 Å². The van der Waals surface area contributed by atoms with Gasteiger partial charge < -0.3 is 15.0 Å². The summed E-state index contributed by atoms with van der Waals surface area (Å²) in [6.07, 6.45) is 2.81. The lowest BCUT2D eigenvalue weighted by Crippen LogP contribution is -2.45. The van der Waals surface area contributed by atoms with Gasteiger partial charge in [-0.15, -0.1) is 6.58 Å². The number of likely N-dealkylation sites (tertiary alicyclic amines) is 1. The summed E-state index contributed by atoms with van der Waals surface area (Å²) in [7, 11) is 0. The molecular weight excluding hydrogens is 436 g/mol. The summed E-state index contributed by atoms with van der Waals surface area (Å²) in [4.78, 5) is 32.2. The van der Waals surface area contributed by atoms with Crippen molar-refractivity contribution in [2.75, 3.05) is 18.4 Å². The van der Waals surface area contributed by atoms with Crippen molar-refractivity contribution in [3.63, 3.8) is 0 Å². The van der Waals surface area contributed by atoms with E-state index in [1.165, 1.54) is 11.3 Å². The van der Waals surface area contributed by atoms with E-state index >= 15 is 0 Å². The Morgan fingerprint density at radius 1 is 1.45 bits per heavy atom. The minimum atomic E-state index is -0.569. The number of aromatic nitrogens is 4. The summed E-state index contributed by atoms with van der Waals surface area (Å²) >= 11 is 6.62. The third-order valence-electron chi connectivity index (χ3n) is 4.74. The third-order valence-corrected chi connectivity index (χ3v) is 6.12. The number of nitrogens with zero attached hydrogens (tertiary/aromatic N) is 4. The maximum absolute atomic E-state index is 12.9. The lowest BCUT2D eigenvalue weighted by Gasteiger charge is -2.33. The minimum Gasteiger partial charge on any atom is -0.444 e. The zero-order chi connectivity index (χ0) is 22.8. The minimum absolute atomic E-state index is 0.154. The van der Waals surface area contributed by atoms with Crippen LogP contribution in [0.2, 0.25) is 0 Å². The highest BCUT2D eigenvalue weighted by atomic mass is 32.1. The molecule has 1 unspecified atom stereocenters. The van der Waals surface area contributed by atoms with Crippen LogP contribution in [-0.4, -0.2) is 55.3 Å². The molecule has 3 rings (SSSR count). The summed E-state index contributed by atoms with van der Waals surface area (Å²) < 4.78 is 7.77. The van der Waals surface area contributed by atoms with E-state index in [4.69, 9.17) is 17.0 Å². The van der Waals surface area contributed by atoms with Crippen LogP contribution in [-0.2, 0) is 16.1 Å². The number of hydrogen-bond donors (Lipinski definition) is 2. The van der Waals surface area contributed by atoms with E-state index in [0.29, 0.717) is 41.8 Å². The van der Waals surface area contributed by atoms with Crippen LogP contribution in [0.3, 0.4) is 0 Å². The van der Waals surface area contributed by atoms with Crippen molar-refractivity contribution in [3.05, 3.63) is 23.1 Å². The van der Waals surface area contributed by atoms with E-state index in [0.717, 1.165) is 17.0 Å². The molecule has 168 valence electrons. The second-order valence-corrected chi connectivity index (χ2v) is 9.83. The van der Waals surface area contributed by atoms with Gasteiger partial charge >= 0.3 is 6.09 Å². The molecule has 11 heteroatoms. The number of anilines is 1. The highest BCUT2D eigenvalue weighted by Crippen LogP contribution is 2.32. The van der Waals surface area contributed by atoms with Crippen LogP contribution in [0.1, 0.15) is 39.3 Å². The van der Waals surface area contributed by atoms with Gasteiger partial charge in [-0.25, -0.2) is 9.78 Å². The molecule has 1 aliphatic rings. The number of rotatable bonds is 5. The highest BCUT2D eigenvalue weighted by molar-refractivity contribution is 7.71. The Morgan fingerprint density at radius 3 is 2.87 bits per heavy atom. The van der Waals surface area contributed by atoms with E-state index in [9.17, 15) is 9.59 Å². The molecule has 1 aliphatic heterocycles. The molecule has 1 atom stereocenters. The topological polar surface area (TPSA) is 105 Å². The van der Waals surface area contributed by atoms with Crippen LogP contribution < -0.4 is 5.32 Å². The van der Waals surface area contributed by atoms with Crippen LogP contribution in [0.15, 0.2) is 12.7 Å². The molecule has 2 aromatic heterocycles. The number of allylic oxidation sites excluding steroid dienone is 1. The maximum atomic E-state index is 12.9. The number of carbonyl (C=O) groups is 2. The number of thiazole rings is 1. The number of amides is 2. The van der Waals surface area contributed by atoms with Gasteiger partial charge in [0.15, 0.2) is 15.7 Å². The lowest BCUT2D eigenvalue weighted by atomic mass is 9.97. The van der Waals surface area contributed by atoms with E-state index in [-0.39, 0.29) is 17.9 Å². The molecule has 1 fully saturated rings. The summed E-state index contributed by atoms with van der Waals surface area (Å²) in [5.41, 5.74) is 0.180. The quantitative estimate of drug-likeness (QED) is 0.509. The van der Waals surface area contributed by atoms with Gasteiger partial charge in [0, 0.05) is 19.6 Å². The molecule has 9 nitrogen and oxygen atoms in total. The molecule has 0 saturated carbocycles. The Labute approximate surface area is 190 Å². The molecule has 0 bridgehead atoms. The summed E-state index contributed by atoms with van der Waals surface area (Å²) in [6.45, 7) is 12.5. The first-order valence-electron chi connectivity index (χ1n) is 10.1. The summed E-state index contributed by atoms with van der Waals surface area (Å²) in [5.74, 6) is 0.192.